The average molecular weight is 277 g/mol. The molecule has 0 saturated carbocycles. The summed E-state index contributed by atoms with van der Waals surface area (Å²) >= 11 is 0. The predicted octanol–water partition coefficient (Wildman–Crippen LogP) is 2.67. The number of rotatable bonds is 2. The Hall–Kier alpha value is -1.26. The van der Waals surface area contributed by atoms with Gasteiger partial charge in [0.15, 0.2) is 11.6 Å². The van der Waals surface area contributed by atoms with E-state index in [1.54, 1.807) is 0 Å². The Morgan fingerprint density at radius 3 is 2.25 bits per heavy atom. The summed E-state index contributed by atoms with van der Waals surface area (Å²) in [5, 5.41) is 11.7. The van der Waals surface area contributed by atoms with Crippen LogP contribution >= 0.6 is 0 Å². The van der Waals surface area contributed by atoms with Crippen LogP contribution in [0.2, 0.25) is 0 Å². The molecule has 0 aromatic rings. The fourth-order valence-electron chi connectivity index (χ4n) is 3.65. The molecule has 0 aromatic carbocycles. The van der Waals surface area contributed by atoms with Gasteiger partial charge < -0.3 is 5.21 Å². The SMILES string of the molecule is CC1(C)CC(CC2=CC(=O)C=CC2=O)CC(C)(C)N1O. The van der Waals surface area contributed by atoms with E-state index in [4.69, 9.17) is 0 Å². The first-order valence-electron chi connectivity index (χ1n) is 7.08. The molecule has 1 N–H and O–H groups in total. The Bertz CT molecular complexity index is 482. The van der Waals surface area contributed by atoms with Crippen molar-refractivity contribution in [2.45, 2.75) is 58.0 Å². The van der Waals surface area contributed by atoms with Gasteiger partial charge in [0, 0.05) is 16.7 Å². The van der Waals surface area contributed by atoms with Gasteiger partial charge in [-0.1, -0.05) is 0 Å². The Kier molecular flexibility index (Phi) is 3.73. The van der Waals surface area contributed by atoms with E-state index in [0.29, 0.717) is 12.0 Å². The second-order valence-electron chi connectivity index (χ2n) is 7.18. The predicted molar refractivity (Wildman–Crippen MR) is 76.4 cm³/mol. The molecule has 2 rings (SSSR count). The minimum Gasteiger partial charge on any atom is -0.313 e. The second kappa shape index (κ2) is 4.93. The highest BCUT2D eigenvalue weighted by molar-refractivity contribution is 6.17. The first-order valence-corrected chi connectivity index (χ1v) is 7.08. The number of hydrogen-bond donors (Lipinski definition) is 1. The number of carbonyl (C=O) groups excluding carboxylic acids is 2. The molecular formula is C16H23NO3. The van der Waals surface area contributed by atoms with Crippen molar-refractivity contribution in [1.82, 2.24) is 5.06 Å². The van der Waals surface area contributed by atoms with E-state index < -0.39 is 0 Å². The monoisotopic (exact) mass is 277 g/mol. The van der Waals surface area contributed by atoms with Crippen molar-refractivity contribution in [1.29, 1.82) is 0 Å². The van der Waals surface area contributed by atoms with Crippen molar-refractivity contribution in [2.75, 3.05) is 0 Å². The summed E-state index contributed by atoms with van der Waals surface area (Å²) in [6, 6.07) is 0. The van der Waals surface area contributed by atoms with Crippen molar-refractivity contribution in [3.63, 3.8) is 0 Å². The second-order valence-corrected chi connectivity index (χ2v) is 7.18. The van der Waals surface area contributed by atoms with E-state index >= 15 is 0 Å². The van der Waals surface area contributed by atoms with Gasteiger partial charge in [0.05, 0.1) is 0 Å². The van der Waals surface area contributed by atoms with E-state index in [2.05, 4.69) is 0 Å². The number of allylic oxidation sites excluding steroid dienone is 4. The van der Waals surface area contributed by atoms with Gasteiger partial charge in [0.2, 0.25) is 0 Å². The van der Waals surface area contributed by atoms with E-state index in [1.165, 1.54) is 23.3 Å². The van der Waals surface area contributed by atoms with Crippen LogP contribution < -0.4 is 0 Å². The molecule has 0 spiro atoms. The van der Waals surface area contributed by atoms with Crippen LogP contribution in [-0.4, -0.2) is 32.9 Å². The van der Waals surface area contributed by atoms with Gasteiger partial charge in [0.25, 0.3) is 0 Å². The lowest BCUT2D eigenvalue weighted by atomic mass is 9.72. The number of hydrogen-bond acceptors (Lipinski definition) is 4. The zero-order valence-corrected chi connectivity index (χ0v) is 12.6. The van der Waals surface area contributed by atoms with Crippen molar-refractivity contribution in [2.24, 2.45) is 5.92 Å². The van der Waals surface area contributed by atoms with Crippen molar-refractivity contribution < 1.29 is 14.8 Å². The smallest absolute Gasteiger partial charge is 0.182 e. The van der Waals surface area contributed by atoms with Crippen LogP contribution in [0, 0.1) is 5.92 Å². The zero-order chi connectivity index (χ0) is 15.1. The van der Waals surface area contributed by atoms with Gasteiger partial charge >= 0.3 is 0 Å². The van der Waals surface area contributed by atoms with Crippen LogP contribution in [0.4, 0.5) is 0 Å². The summed E-state index contributed by atoms with van der Waals surface area (Å²) < 4.78 is 0. The fraction of sp³-hybridized carbons (Fsp3) is 0.625. The number of nitrogens with zero attached hydrogens (tertiary/aromatic N) is 1. The van der Waals surface area contributed by atoms with Gasteiger partial charge in [-0.25, -0.2) is 0 Å². The average Bonchev–Trinajstić information content (AvgIpc) is 2.30. The third-order valence-electron chi connectivity index (χ3n) is 4.26. The summed E-state index contributed by atoms with van der Waals surface area (Å²) in [7, 11) is 0. The van der Waals surface area contributed by atoms with E-state index in [1.807, 2.05) is 27.7 Å². The van der Waals surface area contributed by atoms with Crippen molar-refractivity contribution >= 4 is 11.6 Å². The zero-order valence-electron chi connectivity index (χ0n) is 12.6. The van der Waals surface area contributed by atoms with Crippen LogP contribution in [0.1, 0.15) is 47.0 Å². The summed E-state index contributed by atoms with van der Waals surface area (Å²) in [6.07, 6.45) is 6.33. The highest BCUT2D eigenvalue weighted by Gasteiger charge is 2.45. The Morgan fingerprint density at radius 2 is 1.70 bits per heavy atom. The Labute approximate surface area is 120 Å². The minimum atomic E-state index is -0.329. The third-order valence-corrected chi connectivity index (χ3v) is 4.26. The van der Waals surface area contributed by atoms with Crippen LogP contribution in [0.3, 0.4) is 0 Å². The molecular weight excluding hydrogens is 254 g/mol. The molecule has 4 heteroatoms. The molecule has 0 radical (unpaired) electrons. The summed E-state index contributed by atoms with van der Waals surface area (Å²) in [4.78, 5) is 23.2. The molecule has 110 valence electrons. The van der Waals surface area contributed by atoms with Gasteiger partial charge in [-0.2, -0.15) is 5.06 Å². The van der Waals surface area contributed by atoms with E-state index in [-0.39, 0.29) is 28.6 Å². The molecule has 1 aliphatic carbocycles. The van der Waals surface area contributed by atoms with Gasteiger partial charge in [-0.05, 0) is 71.1 Å². The molecule has 0 atom stereocenters. The fourth-order valence-corrected chi connectivity index (χ4v) is 3.65. The number of carbonyl (C=O) groups is 2. The van der Waals surface area contributed by atoms with Crippen LogP contribution in [0.15, 0.2) is 23.8 Å². The van der Waals surface area contributed by atoms with Crippen LogP contribution in [0.25, 0.3) is 0 Å². The lowest BCUT2D eigenvalue weighted by Crippen LogP contribution is -2.58. The molecule has 1 heterocycles. The topological polar surface area (TPSA) is 57.6 Å². The van der Waals surface area contributed by atoms with Crippen molar-refractivity contribution in [3.05, 3.63) is 23.8 Å². The number of piperidine rings is 1. The first kappa shape index (κ1) is 15.1. The molecule has 20 heavy (non-hydrogen) atoms. The molecule has 0 amide bonds. The highest BCUT2D eigenvalue weighted by Crippen LogP contribution is 2.42. The lowest BCUT2D eigenvalue weighted by molar-refractivity contribution is -0.250. The number of hydroxylamine groups is 2. The number of ketones is 2. The summed E-state index contributed by atoms with van der Waals surface area (Å²) in [5.41, 5.74) is -0.0600. The summed E-state index contributed by atoms with van der Waals surface area (Å²) in [6.45, 7) is 8.01. The molecule has 0 aromatic heterocycles. The quantitative estimate of drug-likeness (QED) is 0.788. The molecule has 1 saturated heterocycles. The summed E-state index contributed by atoms with van der Waals surface area (Å²) in [5.74, 6) is 0.113. The normalized spacial score (nSPS) is 26.8. The molecule has 4 nitrogen and oxygen atoms in total. The Morgan fingerprint density at radius 1 is 1.15 bits per heavy atom. The largest absolute Gasteiger partial charge is 0.313 e. The van der Waals surface area contributed by atoms with Crippen molar-refractivity contribution in [3.8, 4) is 0 Å². The molecule has 1 aliphatic heterocycles. The highest BCUT2D eigenvalue weighted by atomic mass is 16.5. The van der Waals surface area contributed by atoms with Gasteiger partial charge in [-0.3, -0.25) is 9.59 Å². The van der Waals surface area contributed by atoms with Crippen LogP contribution in [0.5, 0.6) is 0 Å². The van der Waals surface area contributed by atoms with E-state index in [0.717, 1.165) is 12.8 Å². The third kappa shape index (κ3) is 2.91. The van der Waals surface area contributed by atoms with E-state index in [9.17, 15) is 14.8 Å². The molecule has 0 unspecified atom stereocenters. The van der Waals surface area contributed by atoms with Gasteiger partial charge in [-0.15, -0.1) is 0 Å². The molecule has 2 aliphatic rings. The first-order chi connectivity index (χ1) is 9.12. The van der Waals surface area contributed by atoms with Gasteiger partial charge in [0.1, 0.15) is 0 Å². The Balaban J connectivity index is 2.15. The van der Waals surface area contributed by atoms with Crippen LogP contribution in [-0.2, 0) is 9.59 Å². The maximum atomic E-state index is 11.8. The minimum absolute atomic E-state index is 0.0633. The standard InChI is InChI=1S/C16H23NO3/c1-15(2)9-11(10-16(3,4)17(15)20)7-12-8-13(18)5-6-14(12)19/h5-6,8,11,20H,7,9-10H2,1-4H3. The molecule has 1 fully saturated rings. The lowest BCUT2D eigenvalue weighted by Gasteiger charge is -2.51. The maximum Gasteiger partial charge on any atom is 0.182 e. The molecule has 0 bridgehead atoms. The maximum absolute atomic E-state index is 11.8.